The molecule has 6 heteroatoms. The summed E-state index contributed by atoms with van der Waals surface area (Å²) in [5, 5.41) is 0. The van der Waals surface area contributed by atoms with Crippen LogP contribution in [-0.2, 0) is 20.3 Å². The van der Waals surface area contributed by atoms with Crippen LogP contribution in [0.2, 0.25) is 0 Å². The van der Waals surface area contributed by atoms with Crippen LogP contribution in [0, 0.1) is 0 Å². The van der Waals surface area contributed by atoms with Crippen molar-refractivity contribution in [3.8, 4) is 5.75 Å². The molecule has 0 radical (unpaired) electrons. The molecule has 88 valence electrons. The van der Waals surface area contributed by atoms with Gasteiger partial charge in [0.15, 0.2) is 5.78 Å². The Hall–Kier alpha value is -1.07. The van der Waals surface area contributed by atoms with Gasteiger partial charge >= 0.3 is 0 Å². The average Bonchev–Trinajstić information content (AvgIpc) is 2.15. The first-order valence-electron chi connectivity index (χ1n) is 4.47. The van der Waals surface area contributed by atoms with Crippen molar-refractivity contribution in [2.45, 2.75) is 6.42 Å². The van der Waals surface area contributed by atoms with Crippen LogP contribution in [0.1, 0.15) is 5.56 Å². The highest BCUT2D eigenvalue weighted by molar-refractivity contribution is 8.14. The van der Waals surface area contributed by atoms with Gasteiger partial charge in [0, 0.05) is 17.1 Å². The number of benzene rings is 1. The standard InChI is InChI=1S/C10H11ClO4S/c1-15-10-4-2-3-8(6-10)5-9(12)7-16(11,13)14/h2-4,6H,5,7H2,1H3. The quantitative estimate of drug-likeness (QED) is 0.752. The van der Waals surface area contributed by atoms with E-state index in [9.17, 15) is 13.2 Å². The molecule has 1 rings (SSSR count). The second-order valence-corrected chi connectivity index (χ2v) is 6.03. The molecule has 0 aliphatic carbocycles. The fourth-order valence-corrected chi connectivity index (χ4v) is 2.11. The lowest BCUT2D eigenvalue weighted by molar-refractivity contribution is -0.116. The molecule has 1 aromatic carbocycles. The molecule has 0 heterocycles. The molecule has 4 nitrogen and oxygen atoms in total. The lowest BCUT2D eigenvalue weighted by atomic mass is 10.1. The van der Waals surface area contributed by atoms with Crippen molar-refractivity contribution in [1.82, 2.24) is 0 Å². The largest absolute Gasteiger partial charge is 0.497 e. The fourth-order valence-electron chi connectivity index (χ4n) is 1.25. The molecule has 0 saturated carbocycles. The molecule has 0 atom stereocenters. The molecular formula is C10H11ClO4S. The zero-order valence-corrected chi connectivity index (χ0v) is 10.2. The van der Waals surface area contributed by atoms with Gasteiger partial charge in [-0.3, -0.25) is 4.79 Å². The maximum Gasteiger partial charge on any atom is 0.239 e. The third-order valence-corrected chi connectivity index (χ3v) is 2.86. The zero-order valence-electron chi connectivity index (χ0n) is 8.64. The number of methoxy groups -OCH3 is 1. The van der Waals surface area contributed by atoms with Crippen LogP contribution in [0.3, 0.4) is 0 Å². The number of carbonyl (C=O) groups excluding carboxylic acids is 1. The second kappa shape index (κ2) is 5.32. The average molecular weight is 263 g/mol. The number of carbonyl (C=O) groups is 1. The summed E-state index contributed by atoms with van der Waals surface area (Å²) in [5.74, 6) is -0.464. The smallest absolute Gasteiger partial charge is 0.239 e. The van der Waals surface area contributed by atoms with Gasteiger partial charge in [0.25, 0.3) is 0 Å². The molecule has 0 aliphatic rings. The van der Waals surface area contributed by atoms with Crippen LogP contribution in [0.15, 0.2) is 24.3 Å². The maximum absolute atomic E-state index is 11.3. The first-order valence-corrected chi connectivity index (χ1v) is 6.95. The van der Waals surface area contributed by atoms with Crippen LogP contribution in [0.4, 0.5) is 0 Å². The molecule has 0 N–H and O–H groups in total. The predicted octanol–water partition coefficient (Wildman–Crippen LogP) is 1.38. The Morgan fingerprint density at radius 1 is 1.44 bits per heavy atom. The molecule has 0 aliphatic heterocycles. The van der Waals surface area contributed by atoms with Crippen molar-refractivity contribution < 1.29 is 17.9 Å². The summed E-state index contributed by atoms with van der Waals surface area (Å²) >= 11 is 0. The molecule has 1 aromatic rings. The summed E-state index contributed by atoms with van der Waals surface area (Å²) in [7, 11) is 2.73. The van der Waals surface area contributed by atoms with E-state index in [4.69, 9.17) is 15.4 Å². The highest BCUT2D eigenvalue weighted by Crippen LogP contribution is 2.13. The van der Waals surface area contributed by atoms with E-state index >= 15 is 0 Å². The van der Waals surface area contributed by atoms with Crippen LogP contribution in [0.5, 0.6) is 5.75 Å². The number of hydrogen-bond donors (Lipinski definition) is 0. The van der Waals surface area contributed by atoms with E-state index in [2.05, 4.69) is 0 Å². The highest BCUT2D eigenvalue weighted by Gasteiger charge is 2.13. The van der Waals surface area contributed by atoms with Gasteiger partial charge < -0.3 is 4.74 Å². The molecule has 0 saturated heterocycles. The van der Waals surface area contributed by atoms with Crippen molar-refractivity contribution in [2.75, 3.05) is 12.9 Å². The third kappa shape index (κ3) is 4.63. The monoisotopic (exact) mass is 262 g/mol. The summed E-state index contributed by atoms with van der Waals surface area (Å²) in [5.41, 5.74) is 0.699. The second-order valence-electron chi connectivity index (χ2n) is 3.25. The molecule has 0 amide bonds. The van der Waals surface area contributed by atoms with Gasteiger partial charge in [-0.25, -0.2) is 8.42 Å². The zero-order chi connectivity index (χ0) is 12.2. The van der Waals surface area contributed by atoms with E-state index in [-0.39, 0.29) is 6.42 Å². The fraction of sp³-hybridized carbons (Fsp3) is 0.300. The Labute approximate surface area is 98.6 Å². The van der Waals surface area contributed by atoms with Gasteiger partial charge in [-0.05, 0) is 17.7 Å². The van der Waals surface area contributed by atoms with Crippen LogP contribution >= 0.6 is 10.7 Å². The van der Waals surface area contributed by atoms with Crippen molar-refractivity contribution in [1.29, 1.82) is 0 Å². The van der Waals surface area contributed by atoms with Crippen LogP contribution in [0.25, 0.3) is 0 Å². The number of Topliss-reactive ketones (excluding diaryl/α,β-unsaturated/α-hetero) is 1. The number of ketones is 1. The predicted molar refractivity (Wildman–Crippen MR) is 61.3 cm³/mol. The number of halogens is 1. The molecule has 0 unspecified atom stereocenters. The minimum atomic E-state index is -3.77. The van der Waals surface area contributed by atoms with Crippen molar-refractivity contribution in [3.05, 3.63) is 29.8 Å². The molecule has 16 heavy (non-hydrogen) atoms. The minimum absolute atomic E-state index is 0.0309. The van der Waals surface area contributed by atoms with Crippen molar-refractivity contribution in [2.24, 2.45) is 0 Å². The van der Waals surface area contributed by atoms with Gasteiger partial charge in [0.1, 0.15) is 11.5 Å². The molecule has 0 aromatic heterocycles. The van der Waals surface area contributed by atoms with E-state index < -0.39 is 20.6 Å². The Morgan fingerprint density at radius 3 is 2.69 bits per heavy atom. The van der Waals surface area contributed by atoms with Crippen LogP contribution < -0.4 is 4.74 Å². The van der Waals surface area contributed by atoms with E-state index in [0.29, 0.717) is 11.3 Å². The van der Waals surface area contributed by atoms with Gasteiger partial charge in [0.2, 0.25) is 9.05 Å². The first kappa shape index (κ1) is 13.0. The molecular weight excluding hydrogens is 252 g/mol. The first-order chi connectivity index (χ1) is 7.40. The SMILES string of the molecule is COc1cccc(CC(=O)CS(=O)(=O)Cl)c1. The van der Waals surface area contributed by atoms with Gasteiger partial charge in [-0.15, -0.1) is 0 Å². The summed E-state index contributed by atoms with van der Waals surface area (Å²) < 4.78 is 26.3. The van der Waals surface area contributed by atoms with Gasteiger partial charge in [-0.1, -0.05) is 12.1 Å². The third-order valence-electron chi connectivity index (χ3n) is 1.87. The van der Waals surface area contributed by atoms with E-state index in [1.165, 1.54) is 7.11 Å². The Balaban J connectivity index is 2.70. The molecule has 0 spiro atoms. The summed E-state index contributed by atoms with van der Waals surface area (Å²) in [6.07, 6.45) is 0.0309. The Kier molecular flexibility index (Phi) is 4.32. The lowest BCUT2D eigenvalue weighted by Gasteiger charge is -2.03. The minimum Gasteiger partial charge on any atom is -0.497 e. The number of rotatable bonds is 5. The summed E-state index contributed by atoms with van der Waals surface area (Å²) in [4.78, 5) is 11.3. The Morgan fingerprint density at radius 2 is 2.12 bits per heavy atom. The summed E-state index contributed by atoms with van der Waals surface area (Å²) in [6.45, 7) is 0. The number of ether oxygens (including phenoxy) is 1. The van der Waals surface area contributed by atoms with E-state index in [1.807, 2.05) is 0 Å². The maximum atomic E-state index is 11.3. The van der Waals surface area contributed by atoms with Crippen LogP contribution in [-0.4, -0.2) is 27.1 Å². The molecule has 0 bridgehead atoms. The summed E-state index contributed by atoms with van der Waals surface area (Å²) in [6, 6.07) is 6.88. The van der Waals surface area contributed by atoms with Crippen molar-refractivity contribution >= 4 is 25.5 Å². The molecule has 0 fully saturated rings. The number of hydrogen-bond acceptors (Lipinski definition) is 4. The van der Waals surface area contributed by atoms with Gasteiger partial charge in [-0.2, -0.15) is 0 Å². The highest BCUT2D eigenvalue weighted by atomic mass is 35.7. The Bertz CT molecular complexity index is 481. The van der Waals surface area contributed by atoms with Crippen molar-refractivity contribution in [3.63, 3.8) is 0 Å². The normalized spacial score (nSPS) is 11.1. The van der Waals surface area contributed by atoms with E-state index in [0.717, 1.165) is 0 Å². The van der Waals surface area contributed by atoms with E-state index in [1.54, 1.807) is 24.3 Å². The topological polar surface area (TPSA) is 60.4 Å². The lowest BCUT2D eigenvalue weighted by Crippen LogP contribution is -2.13. The van der Waals surface area contributed by atoms with Gasteiger partial charge in [0.05, 0.1) is 7.11 Å².